The lowest BCUT2D eigenvalue weighted by molar-refractivity contribution is 0.0597. The molecule has 1 aromatic carbocycles. The van der Waals surface area contributed by atoms with Crippen LogP contribution in [0, 0.1) is 4.91 Å². The minimum atomic E-state index is -0.525. The van der Waals surface area contributed by atoms with E-state index in [0.29, 0.717) is 0 Å². The van der Waals surface area contributed by atoms with Gasteiger partial charge >= 0.3 is 5.97 Å². The molecule has 1 rings (SSSR count). The van der Waals surface area contributed by atoms with Crippen LogP contribution in [0.15, 0.2) is 29.6 Å². The number of phenolic OH excluding ortho intramolecular Hbond substituents is 1. The number of carbonyl (C=O) groups is 1. The van der Waals surface area contributed by atoms with Crippen molar-refractivity contribution in [3.63, 3.8) is 0 Å². The number of nitrogens with zero attached hydrogens (tertiary/aromatic N) is 1. The first-order chi connectivity index (χ1) is 6.67. The maximum atomic E-state index is 10.9. The van der Waals surface area contributed by atoms with Gasteiger partial charge in [-0.15, -0.1) is 4.91 Å². The van der Waals surface area contributed by atoms with E-state index < -0.39 is 5.97 Å². The highest BCUT2D eigenvalue weighted by molar-refractivity contribution is 5.92. The van der Waals surface area contributed by atoms with Gasteiger partial charge in [-0.3, -0.25) is 0 Å². The van der Waals surface area contributed by atoms with Crippen molar-refractivity contribution in [3.8, 4) is 5.75 Å². The van der Waals surface area contributed by atoms with E-state index in [9.17, 15) is 4.79 Å². The Bertz CT molecular complexity index is 312. The minimum absolute atomic E-state index is 0.0562. The van der Waals surface area contributed by atoms with Crippen LogP contribution >= 0.6 is 0 Å². The van der Waals surface area contributed by atoms with Gasteiger partial charge in [-0.25, -0.2) is 4.79 Å². The molecule has 0 radical (unpaired) electrons. The van der Waals surface area contributed by atoms with Crippen LogP contribution in [0.2, 0.25) is 0 Å². The Morgan fingerprint density at radius 1 is 1.43 bits per heavy atom. The molecule has 1 aromatic rings. The van der Waals surface area contributed by atoms with Crippen molar-refractivity contribution in [2.75, 3.05) is 7.11 Å². The van der Waals surface area contributed by atoms with Gasteiger partial charge in [-0.2, -0.15) is 0 Å². The quantitative estimate of drug-likeness (QED) is 0.404. The number of aromatic hydroxyl groups is 1. The molecular weight excluding hydrogens is 190 g/mol. The number of rotatable bonds is 1. The molecule has 0 spiro atoms. The maximum Gasteiger partial charge on any atom is 0.341 e. The highest BCUT2D eigenvalue weighted by atomic mass is 16.6. The number of benzene rings is 1. The summed E-state index contributed by atoms with van der Waals surface area (Å²) in [5.41, 5.74) is 0.190. The molecule has 14 heavy (non-hydrogen) atoms. The summed E-state index contributed by atoms with van der Waals surface area (Å²) < 4.78 is 4.42. The number of carbonyl (C=O) groups excluding carboxylic acids is 1. The third-order valence-electron chi connectivity index (χ3n) is 1.31. The molecule has 76 valence electrons. The van der Waals surface area contributed by atoms with Gasteiger partial charge in [-0.05, 0) is 12.1 Å². The fourth-order valence-corrected chi connectivity index (χ4v) is 0.756. The van der Waals surface area contributed by atoms with Gasteiger partial charge in [0.1, 0.15) is 11.3 Å². The Kier molecular flexibility index (Phi) is 5.44. The number of phenols is 1. The molecule has 2 N–H and O–H groups in total. The van der Waals surface area contributed by atoms with Crippen molar-refractivity contribution < 1.29 is 19.8 Å². The lowest BCUT2D eigenvalue weighted by Crippen LogP contribution is -2.00. The number of para-hydroxylation sites is 1. The summed E-state index contributed by atoms with van der Waals surface area (Å²) >= 11 is 0. The maximum absolute atomic E-state index is 10.9. The first-order valence-corrected chi connectivity index (χ1v) is 3.50. The summed E-state index contributed by atoms with van der Waals surface area (Å²) in [4.78, 5) is 19.0. The second kappa shape index (κ2) is 6.41. The third kappa shape index (κ3) is 3.53. The van der Waals surface area contributed by atoms with Gasteiger partial charge in [0.15, 0.2) is 5.34 Å². The normalized spacial score (nSPS) is 8.07. The summed E-state index contributed by atoms with van der Waals surface area (Å²) in [5.74, 6) is -0.581. The van der Waals surface area contributed by atoms with Gasteiger partial charge in [0.2, 0.25) is 0 Å². The van der Waals surface area contributed by atoms with Crippen molar-refractivity contribution in [2.24, 2.45) is 5.34 Å². The predicted octanol–water partition coefficient (Wildman–Crippen LogP) is 1.32. The molecule has 0 aliphatic rings. The number of hydrogen-bond donors (Lipinski definition) is 2. The molecule has 0 saturated heterocycles. The summed E-state index contributed by atoms with van der Waals surface area (Å²) in [6, 6.07) is 6.24. The van der Waals surface area contributed by atoms with E-state index in [4.69, 9.17) is 15.2 Å². The van der Waals surface area contributed by atoms with Crippen LogP contribution in [0.3, 0.4) is 0 Å². The zero-order valence-electron chi connectivity index (χ0n) is 7.38. The smallest absolute Gasteiger partial charge is 0.341 e. The molecule has 0 aliphatic carbocycles. The topological polar surface area (TPSA) is 96.2 Å². The van der Waals surface area contributed by atoms with Crippen LogP contribution in [0.5, 0.6) is 5.75 Å². The zero-order chi connectivity index (χ0) is 11.0. The first-order valence-electron chi connectivity index (χ1n) is 3.50. The molecule has 0 unspecified atom stereocenters. The van der Waals surface area contributed by atoms with Crippen LogP contribution in [0.4, 0.5) is 0 Å². The Hall–Kier alpha value is -2.11. The molecular formula is C8H9NO5. The van der Waals surface area contributed by atoms with Crippen LogP contribution in [-0.4, -0.2) is 23.4 Å². The van der Waals surface area contributed by atoms with Crippen molar-refractivity contribution in [1.29, 1.82) is 0 Å². The van der Waals surface area contributed by atoms with E-state index in [1.54, 1.807) is 12.1 Å². The summed E-state index contributed by atoms with van der Waals surface area (Å²) in [6.07, 6.45) is 0. The fraction of sp³-hybridized carbons (Fsp3) is 0.125. The van der Waals surface area contributed by atoms with E-state index in [0.717, 1.165) is 0 Å². The predicted molar refractivity (Wildman–Crippen MR) is 47.0 cm³/mol. The fourth-order valence-electron chi connectivity index (χ4n) is 0.756. The Morgan fingerprint density at radius 2 is 1.93 bits per heavy atom. The number of ether oxygens (including phenoxy) is 1. The van der Waals surface area contributed by atoms with Gasteiger partial charge in [0, 0.05) is 0 Å². The Balaban J connectivity index is 0.000000500. The second-order valence-electron chi connectivity index (χ2n) is 2.09. The van der Waals surface area contributed by atoms with E-state index in [-0.39, 0.29) is 11.3 Å². The molecule has 0 amide bonds. The molecule has 0 heterocycles. The van der Waals surface area contributed by atoms with Crippen LogP contribution < -0.4 is 0 Å². The highest BCUT2D eigenvalue weighted by Crippen LogP contribution is 2.15. The van der Waals surface area contributed by atoms with Crippen LogP contribution in [0.25, 0.3) is 0 Å². The summed E-state index contributed by atoms with van der Waals surface area (Å²) in [6.45, 7) is 0. The molecule has 0 aliphatic heterocycles. The van der Waals surface area contributed by atoms with E-state index in [2.05, 4.69) is 4.74 Å². The largest absolute Gasteiger partial charge is 0.507 e. The zero-order valence-corrected chi connectivity index (χ0v) is 7.38. The molecule has 0 bridgehead atoms. The van der Waals surface area contributed by atoms with E-state index in [1.807, 2.05) is 0 Å². The van der Waals surface area contributed by atoms with Crippen molar-refractivity contribution in [3.05, 3.63) is 34.7 Å². The lowest BCUT2D eigenvalue weighted by Gasteiger charge is -1.99. The lowest BCUT2D eigenvalue weighted by atomic mass is 10.2. The number of hydrogen-bond acceptors (Lipinski definition) is 5. The monoisotopic (exact) mass is 199 g/mol. The molecule has 0 atom stereocenters. The molecule has 0 aromatic heterocycles. The summed E-state index contributed by atoms with van der Waals surface area (Å²) in [7, 11) is 1.27. The van der Waals surface area contributed by atoms with Gasteiger partial charge in [0.25, 0.3) is 0 Å². The average Bonchev–Trinajstić information content (AvgIpc) is 2.19. The van der Waals surface area contributed by atoms with Gasteiger partial charge < -0.3 is 15.1 Å². The van der Waals surface area contributed by atoms with Crippen molar-refractivity contribution >= 4 is 5.97 Å². The first kappa shape index (κ1) is 11.9. The highest BCUT2D eigenvalue weighted by Gasteiger charge is 2.08. The second-order valence-corrected chi connectivity index (χ2v) is 2.09. The summed E-state index contributed by atoms with van der Waals surface area (Å²) in [5, 5.41) is 17.0. The standard InChI is InChI=1S/C8H8O3.HNO2/c1-11-8(10)6-4-2-3-5-7(6)9;2-1-3/h2-5,9H,1H3;(H,2,3). The number of esters is 1. The average molecular weight is 199 g/mol. The Morgan fingerprint density at radius 3 is 2.36 bits per heavy atom. The Labute approximate surface area is 79.7 Å². The van der Waals surface area contributed by atoms with Gasteiger partial charge in [-0.1, -0.05) is 12.1 Å². The third-order valence-corrected chi connectivity index (χ3v) is 1.31. The van der Waals surface area contributed by atoms with Crippen molar-refractivity contribution in [2.45, 2.75) is 0 Å². The van der Waals surface area contributed by atoms with Crippen LogP contribution in [0.1, 0.15) is 10.4 Å². The van der Waals surface area contributed by atoms with E-state index in [1.165, 1.54) is 24.6 Å². The van der Waals surface area contributed by atoms with Gasteiger partial charge in [0.05, 0.1) is 7.11 Å². The molecule has 0 fully saturated rings. The molecule has 6 nitrogen and oxygen atoms in total. The van der Waals surface area contributed by atoms with Crippen LogP contribution in [-0.2, 0) is 4.74 Å². The van der Waals surface area contributed by atoms with Crippen molar-refractivity contribution in [1.82, 2.24) is 0 Å². The van der Waals surface area contributed by atoms with E-state index >= 15 is 0 Å². The number of methoxy groups -OCH3 is 1. The molecule has 0 saturated carbocycles. The minimum Gasteiger partial charge on any atom is -0.507 e. The molecule has 6 heteroatoms. The SMILES string of the molecule is COC(=O)c1ccccc1O.O=NO.